The standard InChI is InChI=1S/C29H44N4O6S/c1-19(20-12-8-6-9-13-20)30-26(34)22-18-33(40(5,37)38)23-16-17-32(25(22)23)27(35)24(21-14-10-7-11-15-21)31-28(36)39-29(2,3)4/h6,8-9,12-13,19,21-25H,7,10-11,14-18H2,1-5H3,(H,30,34)(H,31,36)/t19-,22+,23-,24+,25-/m1/s1. The second-order valence-electron chi connectivity index (χ2n) is 12.5. The zero-order valence-corrected chi connectivity index (χ0v) is 25.1. The first-order valence-electron chi connectivity index (χ1n) is 14.4. The van der Waals surface area contributed by atoms with Crippen LogP contribution in [-0.4, -0.2) is 78.6 Å². The summed E-state index contributed by atoms with van der Waals surface area (Å²) in [6, 6.07) is 7.36. The third-order valence-electron chi connectivity index (χ3n) is 8.34. The maximum absolute atomic E-state index is 14.2. The molecule has 4 rings (SSSR count). The molecule has 1 aliphatic carbocycles. The number of nitrogens with zero attached hydrogens (tertiary/aromatic N) is 2. The molecule has 0 spiro atoms. The van der Waals surface area contributed by atoms with Crippen LogP contribution in [0.1, 0.15) is 77.8 Å². The molecule has 0 radical (unpaired) electrons. The molecule has 0 unspecified atom stereocenters. The molecule has 3 aliphatic rings. The van der Waals surface area contributed by atoms with Crippen LogP contribution in [0.3, 0.4) is 0 Å². The molecule has 5 atom stereocenters. The molecule has 222 valence electrons. The maximum Gasteiger partial charge on any atom is 0.408 e. The summed E-state index contributed by atoms with van der Waals surface area (Å²) in [5, 5.41) is 5.90. The van der Waals surface area contributed by atoms with Crippen molar-refractivity contribution < 1.29 is 27.5 Å². The fourth-order valence-electron chi connectivity index (χ4n) is 6.52. The lowest BCUT2D eigenvalue weighted by atomic mass is 9.83. The second-order valence-corrected chi connectivity index (χ2v) is 14.4. The van der Waals surface area contributed by atoms with E-state index < -0.39 is 45.8 Å². The molecule has 2 saturated heterocycles. The van der Waals surface area contributed by atoms with Crippen LogP contribution >= 0.6 is 0 Å². The molecule has 0 aromatic heterocycles. The van der Waals surface area contributed by atoms with Crippen molar-refractivity contribution in [2.24, 2.45) is 11.8 Å². The summed E-state index contributed by atoms with van der Waals surface area (Å²) >= 11 is 0. The van der Waals surface area contributed by atoms with Gasteiger partial charge in [0.2, 0.25) is 21.8 Å². The Morgan fingerprint density at radius 2 is 1.65 bits per heavy atom. The van der Waals surface area contributed by atoms with Crippen molar-refractivity contribution in [2.45, 2.75) is 96.0 Å². The lowest BCUT2D eigenvalue weighted by Crippen LogP contribution is -2.57. The van der Waals surface area contributed by atoms with Crippen LogP contribution in [-0.2, 0) is 24.3 Å². The van der Waals surface area contributed by atoms with Crippen LogP contribution in [0.2, 0.25) is 0 Å². The third-order valence-corrected chi connectivity index (χ3v) is 9.61. The fourth-order valence-corrected chi connectivity index (χ4v) is 7.67. The highest BCUT2D eigenvalue weighted by atomic mass is 32.2. The monoisotopic (exact) mass is 576 g/mol. The van der Waals surface area contributed by atoms with Gasteiger partial charge in [-0.3, -0.25) is 9.59 Å². The Morgan fingerprint density at radius 3 is 2.25 bits per heavy atom. The van der Waals surface area contributed by atoms with Crippen LogP contribution in [0, 0.1) is 11.8 Å². The number of ether oxygens (including phenoxy) is 1. The highest BCUT2D eigenvalue weighted by Gasteiger charge is 2.56. The van der Waals surface area contributed by atoms with Crippen molar-refractivity contribution in [2.75, 3.05) is 19.3 Å². The lowest BCUT2D eigenvalue weighted by molar-refractivity contribution is -0.138. The Hall–Kier alpha value is -2.66. The number of hydrogen-bond donors (Lipinski definition) is 2. The Balaban J connectivity index is 1.60. The highest BCUT2D eigenvalue weighted by Crippen LogP contribution is 2.39. The molecular weight excluding hydrogens is 532 g/mol. The van der Waals surface area contributed by atoms with Gasteiger partial charge in [-0.1, -0.05) is 49.6 Å². The number of amides is 3. The number of hydrogen-bond acceptors (Lipinski definition) is 6. The van der Waals surface area contributed by atoms with E-state index in [0.717, 1.165) is 43.9 Å². The van der Waals surface area contributed by atoms with Crippen molar-refractivity contribution in [3.63, 3.8) is 0 Å². The number of likely N-dealkylation sites (tertiary alicyclic amines) is 1. The van der Waals surface area contributed by atoms with Crippen LogP contribution < -0.4 is 10.6 Å². The third kappa shape index (κ3) is 6.97. The van der Waals surface area contributed by atoms with Gasteiger partial charge in [0.25, 0.3) is 0 Å². The lowest BCUT2D eigenvalue weighted by Gasteiger charge is -2.36. The van der Waals surface area contributed by atoms with Crippen LogP contribution in [0.4, 0.5) is 4.79 Å². The maximum atomic E-state index is 14.2. The number of nitrogens with one attached hydrogen (secondary N) is 2. The minimum atomic E-state index is -3.61. The van der Waals surface area contributed by atoms with Gasteiger partial charge >= 0.3 is 6.09 Å². The molecule has 11 heteroatoms. The zero-order chi connectivity index (χ0) is 29.2. The first-order chi connectivity index (χ1) is 18.8. The zero-order valence-electron chi connectivity index (χ0n) is 24.3. The predicted octanol–water partition coefficient (Wildman–Crippen LogP) is 3.20. The molecule has 10 nitrogen and oxygen atoms in total. The predicted molar refractivity (Wildman–Crippen MR) is 152 cm³/mol. The first kappa shape index (κ1) is 30.3. The summed E-state index contributed by atoms with van der Waals surface area (Å²) in [5.74, 6) is -1.34. The van der Waals surface area contributed by atoms with Crippen molar-refractivity contribution in [3.8, 4) is 0 Å². The Bertz CT molecular complexity index is 1180. The summed E-state index contributed by atoms with van der Waals surface area (Å²) in [6.07, 6.45) is 5.58. The van der Waals surface area contributed by atoms with E-state index in [9.17, 15) is 22.8 Å². The summed E-state index contributed by atoms with van der Waals surface area (Å²) < 4.78 is 32.3. The van der Waals surface area contributed by atoms with E-state index >= 15 is 0 Å². The number of benzene rings is 1. The fraction of sp³-hybridized carbons (Fsp3) is 0.690. The molecule has 1 aromatic rings. The minimum Gasteiger partial charge on any atom is -0.444 e. The van der Waals surface area contributed by atoms with Crippen LogP contribution in [0.25, 0.3) is 0 Å². The Kier molecular flexibility index (Phi) is 9.14. The van der Waals surface area contributed by atoms with E-state index in [-0.39, 0.29) is 30.3 Å². The normalized spacial score (nSPS) is 25.6. The van der Waals surface area contributed by atoms with Gasteiger partial charge in [-0.25, -0.2) is 13.2 Å². The average molecular weight is 577 g/mol. The van der Waals surface area contributed by atoms with E-state index in [1.165, 1.54) is 4.31 Å². The molecule has 2 heterocycles. The summed E-state index contributed by atoms with van der Waals surface area (Å²) in [5.41, 5.74) is 0.215. The number of rotatable bonds is 7. The van der Waals surface area contributed by atoms with Gasteiger partial charge in [-0.2, -0.15) is 4.31 Å². The molecule has 40 heavy (non-hydrogen) atoms. The van der Waals surface area contributed by atoms with Crippen molar-refractivity contribution in [1.82, 2.24) is 19.8 Å². The van der Waals surface area contributed by atoms with Crippen molar-refractivity contribution in [3.05, 3.63) is 35.9 Å². The van der Waals surface area contributed by atoms with Gasteiger partial charge in [0.05, 0.1) is 24.3 Å². The molecule has 2 aliphatic heterocycles. The Labute approximate surface area is 238 Å². The summed E-state index contributed by atoms with van der Waals surface area (Å²) in [7, 11) is -3.61. The molecule has 1 aromatic carbocycles. The summed E-state index contributed by atoms with van der Waals surface area (Å²) in [6.45, 7) is 7.53. The molecule has 2 N–H and O–H groups in total. The van der Waals surface area contributed by atoms with E-state index in [2.05, 4.69) is 10.6 Å². The largest absolute Gasteiger partial charge is 0.444 e. The van der Waals surface area contributed by atoms with E-state index in [4.69, 9.17) is 4.74 Å². The molecule has 0 bridgehead atoms. The highest BCUT2D eigenvalue weighted by molar-refractivity contribution is 7.88. The quantitative estimate of drug-likeness (QED) is 0.514. The minimum absolute atomic E-state index is 0.0128. The molecule has 3 amide bonds. The molecular formula is C29H44N4O6S. The van der Waals surface area contributed by atoms with E-state index in [1.54, 1.807) is 25.7 Å². The van der Waals surface area contributed by atoms with Crippen LogP contribution in [0.15, 0.2) is 30.3 Å². The van der Waals surface area contributed by atoms with Gasteiger partial charge in [-0.15, -0.1) is 0 Å². The molecule has 1 saturated carbocycles. The topological polar surface area (TPSA) is 125 Å². The SMILES string of the molecule is C[C@@H](NC(=O)[C@H]1CN(S(C)(=O)=O)[C@@H]2CCN(C(=O)[C@@H](NC(=O)OC(C)(C)C)C3CCCCC3)[C@H]12)c1ccccc1. The van der Waals surface area contributed by atoms with Gasteiger partial charge in [0, 0.05) is 19.1 Å². The van der Waals surface area contributed by atoms with E-state index in [1.807, 2.05) is 37.3 Å². The van der Waals surface area contributed by atoms with E-state index in [0.29, 0.717) is 13.0 Å². The first-order valence-corrected chi connectivity index (χ1v) is 16.2. The van der Waals surface area contributed by atoms with Gasteiger partial charge < -0.3 is 20.3 Å². The Morgan fingerprint density at radius 1 is 1.00 bits per heavy atom. The number of carbonyl (C=O) groups is 3. The molecule has 3 fully saturated rings. The summed E-state index contributed by atoms with van der Waals surface area (Å²) in [4.78, 5) is 42.3. The number of carbonyl (C=O) groups excluding carboxylic acids is 3. The van der Waals surface area contributed by atoms with Gasteiger partial charge in [-0.05, 0) is 58.4 Å². The number of fused-ring (bicyclic) bond motifs is 1. The van der Waals surface area contributed by atoms with Crippen LogP contribution in [0.5, 0.6) is 0 Å². The van der Waals surface area contributed by atoms with Gasteiger partial charge in [0.15, 0.2) is 0 Å². The van der Waals surface area contributed by atoms with Gasteiger partial charge in [0.1, 0.15) is 11.6 Å². The van der Waals surface area contributed by atoms with Crippen molar-refractivity contribution >= 4 is 27.9 Å². The number of sulfonamides is 1. The van der Waals surface area contributed by atoms with Crippen molar-refractivity contribution in [1.29, 1.82) is 0 Å². The second kappa shape index (κ2) is 12.1. The smallest absolute Gasteiger partial charge is 0.408 e. The average Bonchev–Trinajstić information content (AvgIpc) is 3.47. The number of alkyl carbamates (subject to hydrolysis) is 1.